The highest BCUT2D eigenvalue weighted by Crippen LogP contribution is 2.36. The molecular weight excluding hydrogens is 252 g/mol. The van der Waals surface area contributed by atoms with Crippen LogP contribution in [0.1, 0.15) is 46.4 Å². The first-order chi connectivity index (χ1) is 9.65. The Kier molecular flexibility index (Phi) is 3.47. The lowest BCUT2D eigenvalue weighted by Gasteiger charge is -2.22. The molecule has 2 atom stereocenters. The molecule has 3 rings (SSSR count). The second-order valence-electron chi connectivity index (χ2n) is 5.96. The molecule has 4 heteroatoms. The number of hydrogen-bond donors (Lipinski definition) is 1. The van der Waals surface area contributed by atoms with Crippen LogP contribution in [-0.4, -0.2) is 29.8 Å². The van der Waals surface area contributed by atoms with Gasteiger partial charge >= 0.3 is 0 Å². The van der Waals surface area contributed by atoms with E-state index in [1.165, 1.54) is 25.7 Å². The molecule has 2 unspecified atom stereocenters. The van der Waals surface area contributed by atoms with Crippen molar-refractivity contribution in [2.24, 2.45) is 17.6 Å². The van der Waals surface area contributed by atoms with E-state index in [0.29, 0.717) is 23.0 Å². The van der Waals surface area contributed by atoms with Crippen molar-refractivity contribution in [3.8, 4) is 0 Å². The average Bonchev–Trinajstić information content (AvgIpc) is 2.90. The summed E-state index contributed by atoms with van der Waals surface area (Å²) in [5, 5.41) is 0. The van der Waals surface area contributed by atoms with E-state index in [1.807, 2.05) is 4.90 Å². The van der Waals surface area contributed by atoms with Crippen molar-refractivity contribution in [2.75, 3.05) is 13.1 Å². The molecule has 2 amide bonds. The average molecular weight is 272 g/mol. The second-order valence-corrected chi connectivity index (χ2v) is 5.96. The lowest BCUT2D eigenvalue weighted by molar-refractivity contribution is 0.0783. The number of likely N-dealkylation sites (tertiary alicyclic amines) is 1. The van der Waals surface area contributed by atoms with E-state index < -0.39 is 5.91 Å². The van der Waals surface area contributed by atoms with Gasteiger partial charge in [0.25, 0.3) is 5.91 Å². The van der Waals surface area contributed by atoms with Gasteiger partial charge in [0.05, 0.1) is 0 Å². The van der Waals surface area contributed by atoms with Crippen LogP contribution in [-0.2, 0) is 0 Å². The van der Waals surface area contributed by atoms with E-state index in [2.05, 4.69) is 0 Å². The van der Waals surface area contributed by atoms with Crippen LogP contribution in [0.25, 0.3) is 0 Å². The highest BCUT2D eigenvalue weighted by atomic mass is 16.2. The Morgan fingerprint density at radius 3 is 1.95 bits per heavy atom. The minimum atomic E-state index is -0.462. The Bertz CT molecular complexity index is 510. The molecule has 0 spiro atoms. The van der Waals surface area contributed by atoms with E-state index in [1.54, 1.807) is 24.3 Å². The van der Waals surface area contributed by atoms with Gasteiger partial charge in [0.1, 0.15) is 0 Å². The molecule has 2 aliphatic rings. The summed E-state index contributed by atoms with van der Waals surface area (Å²) in [5.74, 6) is 1.00. The molecule has 1 saturated heterocycles. The highest BCUT2D eigenvalue weighted by molar-refractivity contribution is 5.97. The third-order valence-corrected chi connectivity index (χ3v) is 4.68. The molecule has 1 heterocycles. The first-order valence-corrected chi connectivity index (χ1v) is 7.34. The number of amides is 2. The number of carbonyl (C=O) groups is 2. The van der Waals surface area contributed by atoms with Gasteiger partial charge in [-0.2, -0.15) is 0 Å². The van der Waals surface area contributed by atoms with Gasteiger partial charge in [-0.05, 0) is 48.9 Å². The zero-order chi connectivity index (χ0) is 14.1. The van der Waals surface area contributed by atoms with Crippen LogP contribution < -0.4 is 5.73 Å². The molecule has 1 aromatic rings. The zero-order valence-corrected chi connectivity index (χ0v) is 11.5. The number of primary amides is 1. The third-order valence-electron chi connectivity index (χ3n) is 4.68. The predicted octanol–water partition coefficient (Wildman–Crippen LogP) is 2.05. The van der Waals surface area contributed by atoms with Crippen molar-refractivity contribution in [3.63, 3.8) is 0 Å². The number of fused-ring (bicyclic) bond motifs is 1. The first-order valence-electron chi connectivity index (χ1n) is 7.34. The van der Waals surface area contributed by atoms with E-state index >= 15 is 0 Å². The van der Waals surface area contributed by atoms with Crippen LogP contribution in [0, 0.1) is 11.8 Å². The predicted molar refractivity (Wildman–Crippen MR) is 76.3 cm³/mol. The first kappa shape index (κ1) is 13.2. The van der Waals surface area contributed by atoms with Gasteiger partial charge in [0.15, 0.2) is 0 Å². The molecule has 2 N–H and O–H groups in total. The van der Waals surface area contributed by atoms with Gasteiger partial charge < -0.3 is 10.6 Å². The maximum Gasteiger partial charge on any atom is 0.253 e. The Morgan fingerprint density at radius 2 is 1.45 bits per heavy atom. The Balaban J connectivity index is 1.71. The zero-order valence-electron chi connectivity index (χ0n) is 11.5. The van der Waals surface area contributed by atoms with Crippen molar-refractivity contribution in [2.45, 2.75) is 25.7 Å². The van der Waals surface area contributed by atoms with Crippen molar-refractivity contribution in [1.82, 2.24) is 4.90 Å². The normalized spacial score (nSPS) is 25.3. The van der Waals surface area contributed by atoms with Crippen molar-refractivity contribution in [1.29, 1.82) is 0 Å². The molecule has 2 fully saturated rings. The SMILES string of the molecule is NC(=O)c1ccc(C(=O)N2CC3CCCCC3C2)cc1. The summed E-state index contributed by atoms with van der Waals surface area (Å²) in [4.78, 5) is 25.5. The van der Waals surface area contributed by atoms with Crippen LogP contribution in [0.4, 0.5) is 0 Å². The van der Waals surface area contributed by atoms with Crippen molar-refractivity contribution < 1.29 is 9.59 Å². The molecule has 1 aliphatic carbocycles. The smallest absolute Gasteiger partial charge is 0.253 e. The molecule has 0 aromatic heterocycles. The fourth-order valence-electron chi connectivity index (χ4n) is 3.53. The molecule has 106 valence electrons. The fourth-order valence-corrected chi connectivity index (χ4v) is 3.53. The number of nitrogens with two attached hydrogens (primary N) is 1. The number of carbonyl (C=O) groups excluding carboxylic acids is 2. The minimum absolute atomic E-state index is 0.0791. The van der Waals surface area contributed by atoms with Gasteiger partial charge in [0.2, 0.25) is 5.91 Å². The van der Waals surface area contributed by atoms with Crippen LogP contribution in [0.2, 0.25) is 0 Å². The monoisotopic (exact) mass is 272 g/mol. The summed E-state index contributed by atoms with van der Waals surface area (Å²) in [6.45, 7) is 1.78. The second kappa shape index (κ2) is 5.27. The standard InChI is InChI=1S/C16H20N2O2/c17-15(19)11-5-7-12(8-6-11)16(20)18-9-13-3-1-2-4-14(13)10-18/h5-8,13-14H,1-4,9-10H2,(H2,17,19). The molecule has 1 saturated carbocycles. The van der Waals surface area contributed by atoms with Gasteiger partial charge in [0, 0.05) is 24.2 Å². The lowest BCUT2D eigenvalue weighted by Crippen LogP contribution is -2.29. The summed E-state index contributed by atoms with van der Waals surface area (Å²) in [7, 11) is 0. The number of benzene rings is 1. The Morgan fingerprint density at radius 1 is 0.950 bits per heavy atom. The van der Waals surface area contributed by atoms with E-state index in [-0.39, 0.29) is 5.91 Å². The fraction of sp³-hybridized carbons (Fsp3) is 0.500. The minimum Gasteiger partial charge on any atom is -0.366 e. The van der Waals surface area contributed by atoms with Crippen LogP contribution in [0.5, 0.6) is 0 Å². The molecule has 1 aliphatic heterocycles. The Hall–Kier alpha value is -1.84. The maximum atomic E-state index is 12.5. The van der Waals surface area contributed by atoms with Crippen molar-refractivity contribution >= 4 is 11.8 Å². The van der Waals surface area contributed by atoms with Crippen molar-refractivity contribution in [3.05, 3.63) is 35.4 Å². The van der Waals surface area contributed by atoms with Crippen LogP contribution in [0.15, 0.2) is 24.3 Å². The van der Waals surface area contributed by atoms with Gasteiger partial charge in [-0.1, -0.05) is 12.8 Å². The maximum absolute atomic E-state index is 12.5. The molecular formula is C16H20N2O2. The van der Waals surface area contributed by atoms with Gasteiger partial charge in [-0.3, -0.25) is 9.59 Å². The third kappa shape index (κ3) is 2.42. The van der Waals surface area contributed by atoms with E-state index in [0.717, 1.165) is 13.1 Å². The number of rotatable bonds is 2. The van der Waals surface area contributed by atoms with Gasteiger partial charge in [-0.15, -0.1) is 0 Å². The van der Waals surface area contributed by atoms with Gasteiger partial charge in [-0.25, -0.2) is 0 Å². The topological polar surface area (TPSA) is 63.4 Å². The molecule has 4 nitrogen and oxygen atoms in total. The molecule has 0 bridgehead atoms. The largest absolute Gasteiger partial charge is 0.366 e. The summed E-state index contributed by atoms with van der Waals surface area (Å²) in [6.07, 6.45) is 5.12. The summed E-state index contributed by atoms with van der Waals surface area (Å²) in [6, 6.07) is 6.65. The quantitative estimate of drug-likeness (QED) is 0.895. The van der Waals surface area contributed by atoms with E-state index in [9.17, 15) is 9.59 Å². The highest BCUT2D eigenvalue weighted by Gasteiger charge is 2.36. The van der Waals surface area contributed by atoms with Crippen LogP contribution >= 0.6 is 0 Å². The summed E-state index contributed by atoms with van der Waals surface area (Å²) in [5.41, 5.74) is 6.30. The molecule has 0 radical (unpaired) electrons. The lowest BCUT2D eigenvalue weighted by atomic mass is 9.82. The number of hydrogen-bond acceptors (Lipinski definition) is 2. The van der Waals surface area contributed by atoms with E-state index in [4.69, 9.17) is 5.73 Å². The molecule has 20 heavy (non-hydrogen) atoms. The summed E-state index contributed by atoms with van der Waals surface area (Å²) >= 11 is 0. The molecule has 1 aromatic carbocycles. The number of nitrogens with zero attached hydrogens (tertiary/aromatic N) is 1. The Labute approximate surface area is 118 Å². The summed E-state index contributed by atoms with van der Waals surface area (Å²) < 4.78 is 0. The van der Waals surface area contributed by atoms with Crippen LogP contribution in [0.3, 0.4) is 0 Å².